The molecule has 0 radical (unpaired) electrons. The summed E-state index contributed by atoms with van der Waals surface area (Å²) < 4.78 is 26.6. The Bertz CT molecular complexity index is 1180. The molecule has 2 aliphatic rings. The van der Waals surface area contributed by atoms with Crippen molar-refractivity contribution in [2.75, 3.05) is 12.8 Å². The van der Waals surface area contributed by atoms with E-state index in [0.29, 0.717) is 6.54 Å². The number of hydrogen-bond acceptors (Lipinski definition) is 8. The Morgan fingerprint density at radius 3 is 2.59 bits per heavy atom. The molecule has 2 N–H and O–H groups in total. The van der Waals surface area contributed by atoms with Gasteiger partial charge in [-0.2, -0.15) is 4.98 Å². The maximum Gasteiger partial charge on any atom is 0.410 e. The van der Waals surface area contributed by atoms with Crippen LogP contribution >= 0.6 is 23.4 Å². The van der Waals surface area contributed by atoms with Gasteiger partial charge in [0.15, 0.2) is 16.1 Å². The van der Waals surface area contributed by atoms with Gasteiger partial charge >= 0.3 is 6.09 Å². The molecule has 2 aromatic rings. The topological polar surface area (TPSA) is 109 Å². The van der Waals surface area contributed by atoms with E-state index < -0.39 is 27.7 Å². The fourth-order valence-corrected chi connectivity index (χ4v) is 5.28. The number of nitrogens with zero attached hydrogens (tertiary/aromatic N) is 3. The normalized spacial score (nSPS) is 22.8. The van der Waals surface area contributed by atoms with E-state index >= 15 is 0 Å². The number of aromatic amines is 1. The van der Waals surface area contributed by atoms with Crippen LogP contribution in [0.5, 0.6) is 5.88 Å². The highest BCUT2D eigenvalue weighted by atomic mass is 35.5. The van der Waals surface area contributed by atoms with Crippen molar-refractivity contribution in [2.24, 2.45) is 0 Å². The molecule has 2 aromatic heterocycles. The molecule has 4 rings (SSSR count). The van der Waals surface area contributed by atoms with Gasteiger partial charge in [0, 0.05) is 12.6 Å². The number of H-pyrrole nitrogens is 1. The average Bonchev–Trinajstić information content (AvgIpc) is 3.01. The highest BCUT2D eigenvalue weighted by Gasteiger charge is 2.52. The molecule has 1 amide bonds. The van der Waals surface area contributed by atoms with Gasteiger partial charge in [-0.25, -0.2) is 14.2 Å². The lowest BCUT2D eigenvalue weighted by atomic mass is 9.89. The standard InChI is InChI=1S/C22H29ClFN5O4S/c1-21(2,3)33-20(31)29-10-7-8-11(29)15(25-9-10)22(4,5)32-18-12-14(13(24)16(23)27-18)26-19(34-6)28-17(12)30/h10-11,15,25H,7-9H2,1-6H3,(H,26,28,30). The van der Waals surface area contributed by atoms with Crippen molar-refractivity contribution in [3.05, 3.63) is 21.3 Å². The molecule has 0 aliphatic carbocycles. The van der Waals surface area contributed by atoms with Crippen molar-refractivity contribution in [2.45, 2.75) is 81.9 Å². The van der Waals surface area contributed by atoms with Crippen molar-refractivity contribution in [3.8, 4) is 5.88 Å². The molecule has 186 valence electrons. The second-order valence-corrected chi connectivity index (χ2v) is 11.3. The Morgan fingerprint density at radius 1 is 1.24 bits per heavy atom. The molecular formula is C22H29ClFN5O4S. The molecule has 3 atom stereocenters. The number of rotatable bonds is 4. The minimum Gasteiger partial charge on any atom is -0.469 e. The van der Waals surface area contributed by atoms with Crippen LogP contribution in [-0.2, 0) is 4.74 Å². The van der Waals surface area contributed by atoms with E-state index in [1.165, 1.54) is 11.8 Å². The van der Waals surface area contributed by atoms with E-state index in [-0.39, 0.29) is 46.2 Å². The summed E-state index contributed by atoms with van der Waals surface area (Å²) in [6.45, 7) is 9.75. The zero-order valence-corrected chi connectivity index (χ0v) is 21.6. The van der Waals surface area contributed by atoms with E-state index in [1.807, 2.05) is 34.6 Å². The van der Waals surface area contributed by atoms with Gasteiger partial charge in [0.05, 0.1) is 12.1 Å². The molecule has 0 spiro atoms. The highest BCUT2D eigenvalue weighted by molar-refractivity contribution is 7.98. The van der Waals surface area contributed by atoms with Crippen LogP contribution in [0.3, 0.4) is 0 Å². The summed E-state index contributed by atoms with van der Waals surface area (Å²) in [5.74, 6) is -0.993. The van der Waals surface area contributed by atoms with Crippen LogP contribution in [0.2, 0.25) is 5.15 Å². The summed E-state index contributed by atoms with van der Waals surface area (Å²) in [6.07, 6.45) is 2.96. The summed E-state index contributed by atoms with van der Waals surface area (Å²) in [5, 5.41) is 3.19. The third-order valence-electron chi connectivity index (χ3n) is 6.11. The Labute approximate surface area is 206 Å². The first kappa shape index (κ1) is 25.0. The van der Waals surface area contributed by atoms with Crippen molar-refractivity contribution >= 4 is 40.4 Å². The summed E-state index contributed by atoms with van der Waals surface area (Å²) in [5.41, 5.74) is -2.34. The molecule has 2 aliphatic heterocycles. The average molecular weight is 514 g/mol. The second-order valence-electron chi connectivity index (χ2n) is 10.1. The molecular weight excluding hydrogens is 485 g/mol. The zero-order chi connectivity index (χ0) is 25.0. The number of nitrogens with one attached hydrogen (secondary N) is 2. The Morgan fingerprint density at radius 2 is 1.94 bits per heavy atom. The maximum atomic E-state index is 14.7. The van der Waals surface area contributed by atoms with Crippen LogP contribution in [0.25, 0.3) is 10.9 Å². The van der Waals surface area contributed by atoms with Crippen molar-refractivity contribution in [1.82, 2.24) is 25.2 Å². The van der Waals surface area contributed by atoms with Crippen molar-refractivity contribution in [1.29, 1.82) is 0 Å². The predicted octanol–water partition coefficient (Wildman–Crippen LogP) is 3.73. The first-order chi connectivity index (χ1) is 15.8. The monoisotopic (exact) mass is 513 g/mol. The molecule has 3 unspecified atom stereocenters. The molecule has 2 fully saturated rings. The minimum atomic E-state index is -0.952. The number of aromatic nitrogens is 3. The number of thioether (sulfide) groups is 1. The smallest absolute Gasteiger partial charge is 0.410 e. The summed E-state index contributed by atoms with van der Waals surface area (Å²) in [7, 11) is 0. The van der Waals surface area contributed by atoms with Crippen LogP contribution in [0.4, 0.5) is 9.18 Å². The zero-order valence-electron chi connectivity index (χ0n) is 20.0. The van der Waals surface area contributed by atoms with Gasteiger partial charge in [0.1, 0.15) is 22.1 Å². The Hall–Kier alpha value is -2.11. The molecule has 0 saturated carbocycles. The van der Waals surface area contributed by atoms with E-state index in [9.17, 15) is 14.0 Å². The minimum absolute atomic E-state index is 0.0307. The summed E-state index contributed by atoms with van der Waals surface area (Å²) in [4.78, 5) is 38.4. The van der Waals surface area contributed by atoms with Gasteiger partial charge in [0.2, 0.25) is 5.88 Å². The number of ether oxygens (including phenoxy) is 2. The SMILES string of the molecule is CSc1nc2c(F)c(Cl)nc(OC(C)(C)C3NCC4CCC3N4C(=O)OC(C)(C)C)c2c(=O)[nH]1. The first-order valence-electron chi connectivity index (χ1n) is 11.1. The predicted molar refractivity (Wildman–Crippen MR) is 128 cm³/mol. The summed E-state index contributed by atoms with van der Waals surface area (Å²) in [6, 6.07) is -0.467. The van der Waals surface area contributed by atoms with Crippen LogP contribution < -0.4 is 15.6 Å². The Kier molecular flexibility index (Phi) is 6.50. The molecule has 4 heterocycles. The fourth-order valence-electron chi connectivity index (χ4n) is 4.73. The van der Waals surface area contributed by atoms with Gasteiger partial charge in [-0.05, 0) is 53.7 Å². The molecule has 34 heavy (non-hydrogen) atoms. The second kappa shape index (κ2) is 8.83. The number of carbonyl (C=O) groups is 1. The lowest BCUT2D eigenvalue weighted by molar-refractivity contribution is -0.0245. The van der Waals surface area contributed by atoms with Crippen LogP contribution in [0, 0.1) is 5.82 Å². The number of hydrogen-bond donors (Lipinski definition) is 2. The number of piperazine rings is 1. The largest absolute Gasteiger partial charge is 0.469 e. The van der Waals surface area contributed by atoms with E-state index in [4.69, 9.17) is 21.1 Å². The number of amides is 1. The molecule has 0 aromatic carbocycles. The van der Waals surface area contributed by atoms with Crippen LogP contribution in [0.15, 0.2) is 9.95 Å². The summed E-state index contributed by atoms with van der Waals surface area (Å²) >= 11 is 7.21. The van der Waals surface area contributed by atoms with Gasteiger partial charge in [-0.3, -0.25) is 9.69 Å². The Balaban J connectivity index is 1.69. The van der Waals surface area contributed by atoms with Crippen LogP contribution in [0.1, 0.15) is 47.5 Å². The number of halogens is 2. The van der Waals surface area contributed by atoms with Gasteiger partial charge in [0.25, 0.3) is 5.56 Å². The third kappa shape index (κ3) is 4.57. The molecule has 12 heteroatoms. The lowest BCUT2D eigenvalue weighted by Gasteiger charge is -2.46. The highest BCUT2D eigenvalue weighted by Crippen LogP contribution is 2.38. The number of carbonyl (C=O) groups excluding carboxylic acids is 1. The third-order valence-corrected chi connectivity index (χ3v) is 6.94. The number of fused-ring (bicyclic) bond motifs is 3. The number of pyridine rings is 1. The first-order valence-corrected chi connectivity index (χ1v) is 12.7. The van der Waals surface area contributed by atoms with E-state index in [2.05, 4.69) is 20.3 Å². The van der Waals surface area contributed by atoms with Gasteiger partial charge in [-0.15, -0.1) is 0 Å². The van der Waals surface area contributed by atoms with Crippen LogP contribution in [-0.4, -0.2) is 68.1 Å². The van der Waals surface area contributed by atoms with E-state index in [1.54, 1.807) is 11.2 Å². The maximum absolute atomic E-state index is 14.7. The molecule has 9 nitrogen and oxygen atoms in total. The molecule has 2 bridgehead atoms. The van der Waals surface area contributed by atoms with Gasteiger partial charge in [-0.1, -0.05) is 23.4 Å². The van der Waals surface area contributed by atoms with Crippen molar-refractivity contribution < 1.29 is 18.7 Å². The lowest BCUT2D eigenvalue weighted by Crippen LogP contribution is -2.67. The van der Waals surface area contributed by atoms with Crippen molar-refractivity contribution in [3.63, 3.8) is 0 Å². The fraction of sp³-hybridized carbons (Fsp3) is 0.636. The van der Waals surface area contributed by atoms with Gasteiger partial charge < -0.3 is 19.8 Å². The molecule has 2 saturated heterocycles. The quantitative estimate of drug-likeness (QED) is 0.361. The van der Waals surface area contributed by atoms with E-state index in [0.717, 1.165) is 12.8 Å².